The summed E-state index contributed by atoms with van der Waals surface area (Å²) in [6.45, 7) is 0. The molecule has 2 heterocycles. The summed E-state index contributed by atoms with van der Waals surface area (Å²) in [6, 6.07) is 4.86. The van der Waals surface area contributed by atoms with Crippen molar-refractivity contribution in [2.24, 2.45) is 0 Å². The summed E-state index contributed by atoms with van der Waals surface area (Å²) in [5.41, 5.74) is 0.451. The zero-order valence-electron chi connectivity index (χ0n) is 6.79. The molecule has 2 aromatic heterocycles. The van der Waals surface area contributed by atoms with E-state index in [4.69, 9.17) is 8.83 Å². The van der Waals surface area contributed by atoms with Crippen LogP contribution in [0.3, 0.4) is 0 Å². The van der Waals surface area contributed by atoms with Crippen molar-refractivity contribution in [1.82, 2.24) is 0 Å². The number of rotatable bonds is 2. The van der Waals surface area contributed by atoms with Crippen molar-refractivity contribution in [2.45, 2.75) is 0 Å². The Bertz CT molecular complexity index is 470. The van der Waals surface area contributed by atoms with Gasteiger partial charge in [-0.2, -0.15) is 0 Å². The molecular weight excluding hydrogens is 316 g/mol. The van der Waals surface area contributed by atoms with E-state index in [0.29, 0.717) is 14.9 Å². The second-order valence-electron chi connectivity index (χ2n) is 2.54. The van der Waals surface area contributed by atoms with Crippen molar-refractivity contribution in [2.75, 3.05) is 0 Å². The molecule has 5 heteroatoms. The van der Waals surface area contributed by atoms with Crippen LogP contribution in [0.25, 0.3) is 0 Å². The van der Waals surface area contributed by atoms with Gasteiger partial charge < -0.3 is 8.83 Å². The number of ketones is 1. The second kappa shape index (κ2) is 3.74. The first-order chi connectivity index (χ1) is 6.68. The molecular formula is C9H4Br2O3. The Balaban J connectivity index is 2.38. The van der Waals surface area contributed by atoms with Gasteiger partial charge in [-0.25, -0.2) is 0 Å². The summed E-state index contributed by atoms with van der Waals surface area (Å²) in [6.07, 6.45) is 1.44. The normalized spacial score (nSPS) is 10.4. The molecule has 14 heavy (non-hydrogen) atoms. The minimum atomic E-state index is -0.212. The zero-order valence-corrected chi connectivity index (χ0v) is 9.96. The molecule has 72 valence electrons. The highest BCUT2D eigenvalue weighted by atomic mass is 79.9. The summed E-state index contributed by atoms with van der Waals surface area (Å²) in [4.78, 5) is 11.7. The van der Waals surface area contributed by atoms with Crippen molar-refractivity contribution in [3.8, 4) is 0 Å². The fourth-order valence-corrected chi connectivity index (χ4v) is 1.75. The van der Waals surface area contributed by atoms with Crippen LogP contribution in [-0.2, 0) is 0 Å². The topological polar surface area (TPSA) is 43.4 Å². The molecule has 0 spiro atoms. The summed E-state index contributed by atoms with van der Waals surface area (Å²) >= 11 is 6.26. The van der Waals surface area contributed by atoms with Gasteiger partial charge in [0.2, 0.25) is 5.78 Å². The number of carbonyl (C=O) groups is 1. The third kappa shape index (κ3) is 1.69. The SMILES string of the molecule is O=C(c1ccc(Br)o1)c1ccoc1Br. The van der Waals surface area contributed by atoms with E-state index >= 15 is 0 Å². The molecule has 0 N–H and O–H groups in total. The largest absolute Gasteiger partial charge is 0.457 e. The summed E-state index contributed by atoms with van der Waals surface area (Å²) < 4.78 is 11.0. The van der Waals surface area contributed by atoms with Gasteiger partial charge >= 0.3 is 0 Å². The molecule has 0 amide bonds. The highest BCUT2D eigenvalue weighted by molar-refractivity contribution is 9.10. The fraction of sp³-hybridized carbons (Fsp3) is 0. The minimum absolute atomic E-state index is 0.212. The van der Waals surface area contributed by atoms with E-state index < -0.39 is 0 Å². The first kappa shape index (κ1) is 9.73. The second-order valence-corrected chi connectivity index (χ2v) is 4.04. The van der Waals surface area contributed by atoms with Crippen molar-refractivity contribution < 1.29 is 13.6 Å². The Morgan fingerprint density at radius 3 is 2.50 bits per heavy atom. The van der Waals surface area contributed by atoms with Crippen molar-refractivity contribution >= 4 is 37.6 Å². The average Bonchev–Trinajstić information content (AvgIpc) is 2.73. The standard InChI is InChI=1S/C9H4Br2O3/c10-7-2-1-6(14-7)8(12)5-3-4-13-9(5)11/h1-4H. The molecule has 0 aliphatic heterocycles. The lowest BCUT2D eigenvalue weighted by Gasteiger charge is -1.92. The first-order valence-electron chi connectivity index (χ1n) is 3.71. The van der Waals surface area contributed by atoms with Crippen molar-refractivity contribution in [3.63, 3.8) is 0 Å². The highest BCUT2D eigenvalue weighted by Gasteiger charge is 2.17. The van der Waals surface area contributed by atoms with Crippen molar-refractivity contribution in [3.05, 3.63) is 45.1 Å². The molecule has 0 fully saturated rings. The summed E-state index contributed by atoms with van der Waals surface area (Å²) in [5, 5.41) is 0. The van der Waals surface area contributed by atoms with Crippen LogP contribution in [0, 0.1) is 0 Å². The lowest BCUT2D eigenvalue weighted by Crippen LogP contribution is -1.97. The molecule has 2 aromatic rings. The van der Waals surface area contributed by atoms with Crippen LogP contribution in [0.2, 0.25) is 0 Å². The maximum atomic E-state index is 11.7. The summed E-state index contributed by atoms with van der Waals surface area (Å²) in [5.74, 6) is 0.0651. The maximum Gasteiger partial charge on any atom is 0.232 e. The van der Waals surface area contributed by atoms with Crippen LogP contribution in [0.4, 0.5) is 0 Å². The molecule has 3 nitrogen and oxygen atoms in total. The van der Waals surface area contributed by atoms with Gasteiger partial charge in [0.15, 0.2) is 15.1 Å². The van der Waals surface area contributed by atoms with E-state index in [1.165, 1.54) is 6.26 Å². The minimum Gasteiger partial charge on any atom is -0.457 e. The number of halogens is 2. The molecule has 0 aliphatic rings. The lowest BCUT2D eigenvalue weighted by atomic mass is 10.2. The molecule has 0 radical (unpaired) electrons. The molecule has 2 rings (SSSR count). The Kier molecular flexibility index (Phi) is 2.60. The van der Waals surface area contributed by atoms with E-state index in [2.05, 4.69) is 31.9 Å². The molecule has 0 saturated heterocycles. The van der Waals surface area contributed by atoms with E-state index in [-0.39, 0.29) is 11.5 Å². The average molecular weight is 320 g/mol. The van der Waals surface area contributed by atoms with Crippen LogP contribution >= 0.6 is 31.9 Å². The smallest absolute Gasteiger partial charge is 0.232 e. The number of hydrogen-bond acceptors (Lipinski definition) is 3. The Morgan fingerprint density at radius 2 is 2.00 bits per heavy atom. The maximum absolute atomic E-state index is 11.7. The van der Waals surface area contributed by atoms with Crippen LogP contribution in [-0.4, -0.2) is 5.78 Å². The molecule has 0 saturated carbocycles. The number of carbonyl (C=O) groups excluding carboxylic acids is 1. The van der Waals surface area contributed by atoms with E-state index in [1.54, 1.807) is 18.2 Å². The number of furan rings is 2. The Hall–Kier alpha value is -0.810. The van der Waals surface area contributed by atoms with E-state index in [1.807, 2.05) is 0 Å². The van der Waals surface area contributed by atoms with Gasteiger partial charge in [0.05, 0.1) is 11.8 Å². The quantitative estimate of drug-likeness (QED) is 0.794. The van der Waals surface area contributed by atoms with Gasteiger partial charge in [-0.15, -0.1) is 0 Å². The van der Waals surface area contributed by atoms with Gasteiger partial charge in [0.25, 0.3) is 0 Å². The Morgan fingerprint density at radius 1 is 1.21 bits per heavy atom. The lowest BCUT2D eigenvalue weighted by molar-refractivity contribution is 0.101. The zero-order chi connectivity index (χ0) is 10.1. The van der Waals surface area contributed by atoms with Crippen molar-refractivity contribution in [1.29, 1.82) is 0 Å². The number of hydrogen-bond donors (Lipinski definition) is 0. The third-order valence-electron chi connectivity index (χ3n) is 1.66. The molecule has 0 aromatic carbocycles. The van der Waals surface area contributed by atoms with Gasteiger partial charge in [-0.3, -0.25) is 4.79 Å². The first-order valence-corrected chi connectivity index (χ1v) is 5.30. The molecule has 0 aliphatic carbocycles. The van der Waals surface area contributed by atoms with E-state index in [9.17, 15) is 4.79 Å². The predicted molar refractivity (Wildman–Crippen MR) is 56.2 cm³/mol. The van der Waals surface area contributed by atoms with Crippen LogP contribution in [0.5, 0.6) is 0 Å². The van der Waals surface area contributed by atoms with E-state index in [0.717, 1.165) is 0 Å². The van der Waals surface area contributed by atoms with Gasteiger partial charge in [0, 0.05) is 0 Å². The molecule has 0 bridgehead atoms. The Labute approximate surface area is 96.3 Å². The van der Waals surface area contributed by atoms with Crippen LogP contribution in [0.15, 0.2) is 42.6 Å². The highest BCUT2D eigenvalue weighted by Crippen LogP contribution is 2.23. The monoisotopic (exact) mass is 318 g/mol. The van der Waals surface area contributed by atoms with Gasteiger partial charge in [0.1, 0.15) is 0 Å². The van der Waals surface area contributed by atoms with Crippen LogP contribution in [0.1, 0.15) is 16.1 Å². The predicted octanol–water partition coefficient (Wildman–Crippen LogP) is 3.63. The molecule has 0 atom stereocenters. The molecule has 0 unspecified atom stereocenters. The summed E-state index contributed by atoms with van der Waals surface area (Å²) in [7, 11) is 0. The van der Waals surface area contributed by atoms with Gasteiger partial charge in [-0.05, 0) is 50.1 Å². The third-order valence-corrected chi connectivity index (χ3v) is 2.70. The fourth-order valence-electron chi connectivity index (χ4n) is 1.02. The van der Waals surface area contributed by atoms with Gasteiger partial charge in [-0.1, -0.05) is 0 Å². The van der Waals surface area contributed by atoms with Crippen LogP contribution < -0.4 is 0 Å².